The average Bonchev–Trinajstić information content (AvgIpc) is 2.37. The number of nitrogens with one attached hydrogen (secondary N) is 2. The maximum Gasteiger partial charge on any atom is 0.191 e. The smallest absolute Gasteiger partial charge is 0.191 e. The Hall–Kier alpha value is -1.51. The topological polar surface area (TPSA) is 36.4 Å². The molecule has 0 aliphatic heterocycles. The second-order valence-corrected chi connectivity index (χ2v) is 3.96. The molecule has 17 heavy (non-hydrogen) atoms. The molecular formula is C14H23N3. The van der Waals surface area contributed by atoms with Gasteiger partial charge in [-0.2, -0.15) is 0 Å². The highest BCUT2D eigenvalue weighted by molar-refractivity contribution is 5.79. The summed E-state index contributed by atoms with van der Waals surface area (Å²) in [5.41, 5.74) is 1.24. The van der Waals surface area contributed by atoms with Gasteiger partial charge in [-0.15, -0.1) is 0 Å². The SMILES string of the molecule is CCCCNC(=NCc1ccccc1)NCC. The van der Waals surface area contributed by atoms with E-state index >= 15 is 0 Å². The molecule has 1 rings (SSSR count). The summed E-state index contributed by atoms with van der Waals surface area (Å²) in [6, 6.07) is 10.3. The number of hydrogen-bond acceptors (Lipinski definition) is 1. The van der Waals surface area contributed by atoms with Crippen molar-refractivity contribution in [2.24, 2.45) is 4.99 Å². The van der Waals surface area contributed by atoms with Gasteiger partial charge in [0, 0.05) is 13.1 Å². The van der Waals surface area contributed by atoms with Crippen molar-refractivity contribution in [2.75, 3.05) is 13.1 Å². The minimum atomic E-state index is 0.725. The molecule has 0 unspecified atom stereocenters. The van der Waals surface area contributed by atoms with Crippen molar-refractivity contribution in [1.29, 1.82) is 0 Å². The number of rotatable bonds is 6. The van der Waals surface area contributed by atoms with Gasteiger partial charge in [-0.1, -0.05) is 43.7 Å². The molecule has 0 saturated carbocycles. The first kappa shape index (κ1) is 13.6. The van der Waals surface area contributed by atoms with Crippen molar-refractivity contribution in [2.45, 2.75) is 33.2 Å². The molecule has 3 heteroatoms. The van der Waals surface area contributed by atoms with Crippen LogP contribution in [0.1, 0.15) is 32.3 Å². The number of nitrogens with zero attached hydrogens (tertiary/aromatic N) is 1. The second kappa shape index (κ2) is 8.62. The van der Waals surface area contributed by atoms with Gasteiger partial charge in [0.1, 0.15) is 0 Å². The van der Waals surface area contributed by atoms with Gasteiger partial charge in [0.05, 0.1) is 6.54 Å². The lowest BCUT2D eigenvalue weighted by molar-refractivity contribution is 0.730. The minimum absolute atomic E-state index is 0.725. The molecule has 0 heterocycles. The zero-order valence-corrected chi connectivity index (χ0v) is 10.9. The third kappa shape index (κ3) is 5.95. The Morgan fingerprint density at radius 2 is 1.88 bits per heavy atom. The summed E-state index contributed by atoms with van der Waals surface area (Å²) >= 11 is 0. The van der Waals surface area contributed by atoms with Crippen LogP contribution in [0, 0.1) is 0 Å². The summed E-state index contributed by atoms with van der Waals surface area (Å²) in [5.74, 6) is 0.907. The van der Waals surface area contributed by atoms with Crippen LogP contribution >= 0.6 is 0 Å². The molecule has 0 fully saturated rings. The molecule has 0 amide bonds. The molecule has 0 radical (unpaired) electrons. The van der Waals surface area contributed by atoms with Crippen LogP contribution in [0.5, 0.6) is 0 Å². The largest absolute Gasteiger partial charge is 0.357 e. The van der Waals surface area contributed by atoms with E-state index in [0.717, 1.165) is 25.6 Å². The number of hydrogen-bond donors (Lipinski definition) is 2. The Morgan fingerprint density at radius 3 is 2.53 bits per heavy atom. The van der Waals surface area contributed by atoms with Crippen LogP contribution in [0.15, 0.2) is 35.3 Å². The molecule has 0 atom stereocenters. The quantitative estimate of drug-likeness (QED) is 0.450. The third-order valence-electron chi connectivity index (χ3n) is 2.43. The van der Waals surface area contributed by atoms with Crippen molar-refractivity contribution >= 4 is 5.96 Å². The molecule has 0 bridgehead atoms. The van der Waals surface area contributed by atoms with Gasteiger partial charge in [-0.05, 0) is 18.9 Å². The fourth-order valence-electron chi connectivity index (χ4n) is 1.48. The van der Waals surface area contributed by atoms with Crippen LogP contribution in [0.2, 0.25) is 0 Å². The first-order valence-electron chi connectivity index (χ1n) is 6.43. The van der Waals surface area contributed by atoms with Crippen LogP contribution in [-0.2, 0) is 6.54 Å². The monoisotopic (exact) mass is 233 g/mol. The lowest BCUT2D eigenvalue weighted by Gasteiger charge is -2.10. The third-order valence-corrected chi connectivity index (χ3v) is 2.43. The van der Waals surface area contributed by atoms with Gasteiger partial charge < -0.3 is 10.6 Å². The molecule has 0 aliphatic rings. The molecule has 0 aliphatic carbocycles. The van der Waals surface area contributed by atoms with Gasteiger partial charge in [0.15, 0.2) is 5.96 Å². The second-order valence-electron chi connectivity index (χ2n) is 3.96. The maximum atomic E-state index is 4.55. The summed E-state index contributed by atoms with van der Waals surface area (Å²) in [6.07, 6.45) is 2.38. The van der Waals surface area contributed by atoms with Crippen molar-refractivity contribution < 1.29 is 0 Å². The van der Waals surface area contributed by atoms with E-state index in [1.165, 1.54) is 18.4 Å². The first-order valence-corrected chi connectivity index (χ1v) is 6.43. The van der Waals surface area contributed by atoms with Crippen molar-refractivity contribution in [3.63, 3.8) is 0 Å². The van der Waals surface area contributed by atoms with E-state index in [-0.39, 0.29) is 0 Å². The standard InChI is InChI=1S/C14H23N3/c1-3-5-11-16-14(15-4-2)17-12-13-9-7-6-8-10-13/h6-10H,3-5,11-12H2,1-2H3,(H2,15,16,17). The predicted octanol–water partition coefficient (Wildman–Crippen LogP) is 2.54. The molecule has 2 N–H and O–H groups in total. The minimum Gasteiger partial charge on any atom is -0.357 e. The zero-order valence-electron chi connectivity index (χ0n) is 10.9. The van der Waals surface area contributed by atoms with E-state index in [1.807, 2.05) is 18.2 Å². The summed E-state index contributed by atoms with van der Waals surface area (Å²) < 4.78 is 0. The number of aliphatic imine (C=N–C) groups is 1. The molecule has 94 valence electrons. The van der Waals surface area contributed by atoms with Gasteiger partial charge in [0.25, 0.3) is 0 Å². The highest BCUT2D eigenvalue weighted by atomic mass is 15.2. The lowest BCUT2D eigenvalue weighted by Crippen LogP contribution is -2.37. The first-order chi connectivity index (χ1) is 8.36. The Kier molecular flexibility index (Phi) is 6.87. The fraction of sp³-hybridized carbons (Fsp3) is 0.500. The number of guanidine groups is 1. The van der Waals surface area contributed by atoms with Gasteiger partial charge in [-0.25, -0.2) is 4.99 Å². The van der Waals surface area contributed by atoms with E-state index in [0.29, 0.717) is 0 Å². The van der Waals surface area contributed by atoms with Crippen LogP contribution < -0.4 is 10.6 Å². The Bertz CT molecular complexity index is 319. The highest BCUT2D eigenvalue weighted by Gasteiger charge is 1.95. The van der Waals surface area contributed by atoms with Crippen molar-refractivity contribution in [3.8, 4) is 0 Å². The molecule has 0 aromatic heterocycles. The molecule has 1 aromatic carbocycles. The molecule has 0 saturated heterocycles. The average molecular weight is 233 g/mol. The van der Waals surface area contributed by atoms with Crippen LogP contribution in [0.25, 0.3) is 0 Å². The van der Waals surface area contributed by atoms with E-state index in [4.69, 9.17) is 0 Å². The van der Waals surface area contributed by atoms with Crippen molar-refractivity contribution in [3.05, 3.63) is 35.9 Å². The van der Waals surface area contributed by atoms with E-state index in [2.05, 4.69) is 41.6 Å². The number of benzene rings is 1. The normalized spacial score (nSPS) is 11.3. The van der Waals surface area contributed by atoms with Gasteiger partial charge >= 0.3 is 0 Å². The molecule has 0 spiro atoms. The maximum absolute atomic E-state index is 4.55. The van der Waals surface area contributed by atoms with Gasteiger partial charge in [0.2, 0.25) is 0 Å². The summed E-state index contributed by atoms with van der Waals surface area (Å²) in [4.78, 5) is 4.55. The summed E-state index contributed by atoms with van der Waals surface area (Å²) in [7, 11) is 0. The number of unbranched alkanes of at least 4 members (excludes halogenated alkanes) is 1. The van der Waals surface area contributed by atoms with Crippen LogP contribution in [0.3, 0.4) is 0 Å². The Morgan fingerprint density at radius 1 is 1.12 bits per heavy atom. The summed E-state index contributed by atoms with van der Waals surface area (Å²) in [5, 5.41) is 6.58. The Balaban J connectivity index is 2.45. The molecule has 3 nitrogen and oxygen atoms in total. The van der Waals surface area contributed by atoms with E-state index in [9.17, 15) is 0 Å². The Labute approximate surface area is 104 Å². The molecule has 1 aromatic rings. The lowest BCUT2D eigenvalue weighted by atomic mass is 10.2. The zero-order chi connectivity index (χ0) is 12.3. The van der Waals surface area contributed by atoms with E-state index in [1.54, 1.807) is 0 Å². The predicted molar refractivity (Wildman–Crippen MR) is 74.2 cm³/mol. The fourth-order valence-corrected chi connectivity index (χ4v) is 1.48. The molecular weight excluding hydrogens is 210 g/mol. The van der Waals surface area contributed by atoms with Crippen LogP contribution in [-0.4, -0.2) is 19.0 Å². The van der Waals surface area contributed by atoms with Gasteiger partial charge in [-0.3, -0.25) is 0 Å². The highest BCUT2D eigenvalue weighted by Crippen LogP contribution is 1.99. The van der Waals surface area contributed by atoms with Crippen LogP contribution in [0.4, 0.5) is 0 Å². The van der Waals surface area contributed by atoms with Crippen molar-refractivity contribution in [1.82, 2.24) is 10.6 Å². The summed E-state index contributed by atoms with van der Waals surface area (Å²) in [6.45, 7) is 6.88. The van der Waals surface area contributed by atoms with E-state index < -0.39 is 0 Å².